The number of piperidine rings is 1. The van der Waals surface area contributed by atoms with Crippen LogP contribution >= 0.6 is 0 Å². The van der Waals surface area contributed by atoms with Crippen molar-refractivity contribution in [3.8, 4) is 5.75 Å². The fourth-order valence-corrected chi connectivity index (χ4v) is 2.48. The molecule has 2 rings (SSSR count). The average molecular weight is 278 g/mol. The summed E-state index contributed by atoms with van der Waals surface area (Å²) in [5, 5.41) is 8.94. The van der Waals surface area contributed by atoms with E-state index in [0.29, 0.717) is 18.0 Å². The number of carbonyl (C=O) groups excluding carboxylic acids is 1. The number of methoxy groups -OCH3 is 1. The first kappa shape index (κ1) is 14.3. The van der Waals surface area contributed by atoms with E-state index in [1.807, 2.05) is 0 Å². The van der Waals surface area contributed by atoms with Crippen molar-refractivity contribution in [2.45, 2.75) is 31.7 Å². The van der Waals surface area contributed by atoms with Gasteiger partial charge in [-0.3, -0.25) is 14.6 Å². The molecular weight excluding hydrogens is 260 g/mol. The quantitative estimate of drug-likeness (QED) is 0.904. The van der Waals surface area contributed by atoms with E-state index in [-0.39, 0.29) is 18.4 Å². The highest BCUT2D eigenvalue weighted by Gasteiger charge is 2.29. The first-order chi connectivity index (χ1) is 9.61. The maximum absolute atomic E-state index is 12.5. The zero-order valence-corrected chi connectivity index (χ0v) is 11.4. The van der Waals surface area contributed by atoms with E-state index in [0.717, 1.165) is 19.3 Å². The molecule has 6 nitrogen and oxygen atoms in total. The van der Waals surface area contributed by atoms with Crippen LogP contribution < -0.4 is 4.74 Å². The highest BCUT2D eigenvalue weighted by Crippen LogP contribution is 2.22. The van der Waals surface area contributed by atoms with Gasteiger partial charge in [-0.2, -0.15) is 0 Å². The zero-order chi connectivity index (χ0) is 14.5. The van der Waals surface area contributed by atoms with E-state index in [2.05, 4.69) is 4.98 Å². The second kappa shape index (κ2) is 6.36. The van der Waals surface area contributed by atoms with Gasteiger partial charge in [0.05, 0.1) is 13.5 Å². The molecule has 1 atom stereocenters. The van der Waals surface area contributed by atoms with Crippen LogP contribution in [0.15, 0.2) is 18.3 Å². The molecule has 0 saturated carbocycles. The smallest absolute Gasteiger partial charge is 0.305 e. The second-order valence-corrected chi connectivity index (χ2v) is 4.83. The Kier molecular flexibility index (Phi) is 4.55. The van der Waals surface area contributed by atoms with Crippen molar-refractivity contribution in [2.75, 3.05) is 13.7 Å². The monoisotopic (exact) mass is 278 g/mol. The Labute approximate surface area is 117 Å². The van der Waals surface area contributed by atoms with Gasteiger partial charge in [-0.1, -0.05) is 0 Å². The minimum atomic E-state index is -0.881. The minimum absolute atomic E-state index is 0.0181. The summed E-state index contributed by atoms with van der Waals surface area (Å²) in [4.78, 5) is 29.1. The number of aromatic nitrogens is 1. The number of likely N-dealkylation sites (tertiary alicyclic amines) is 1. The topological polar surface area (TPSA) is 79.7 Å². The Balaban J connectivity index is 2.18. The number of pyridine rings is 1. The largest absolute Gasteiger partial charge is 0.497 e. The summed E-state index contributed by atoms with van der Waals surface area (Å²) >= 11 is 0. The summed E-state index contributed by atoms with van der Waals surface area (Å²) < 4.78 is 5.08. The fourth-order valence-electron chi connectivity index (χ4n) is 2.48. The number of nitrogens with zero attached hydrogens (tertiary/aromatic N) is 2. The van der Waals surface area contributed by atoms with Crippen LogP contribution in [0, 0.1) is 0 Å². The van der Waals surface area contributed by atoms with Gasteiger partial charge >= 0.3 is 5.97 Å². The Bertz CT molecular complexity index is 504. The molecule has 108 valence electrons. The van der Waals surface area contributed by atoms with Gasteiger partial charge in [0.2, 0.25) is 0 Å². The summed E-state index contributed by atoms with van der Waals surface area (Å²) in [5.74, 6) is -0.543. The van der Waals surface area contributed by atoms with Gasteiger partial charge in [-0.05, 0) is 25.3 Å². The van der Waals surface area contributed by atoms with Gasteiger partial charge in [0, 0.05) is 24.8 Å². The second-order valence-electron chi connectivity index (χ2n) is 4.83. The number of carboxylic acids is 1. The van der Waals surface area contributed by atoms with Crippen LogP contribution in [0.4, 0.5) is 0 Å². The zero-order valence-electron chi connectivity index (χ0n) is 11.4. The molecule has 0 aromatic carbocycles. The molecule has 0 radical (unpaired) electrons. The van der Waals surface area contributed by atoms with Crippen molar-refractivity contribution in [1.82, 2.24) is 9.88 Å². The van der Waals surface area contributed by atoms with Crippen LogP contribution in [0.25, 0.3) is 0 Å². The Morgan fingerprint density at radius 1 is 1.50 bits per heavy atom. The van der Waals surface area contributed by atoms with Crippen LogP contribution in [0.3, 0.4) is 0 Å². The van der Waals surface area contributed by atoms with Crippen LogP contribution in [0.1, 0.15) is 36.2 Å². The molecule has 1 aromatic rings. The van der Waals surface area contributed by atoms with Crippen LogP contribution in [-0.2, 0) is 4.79 Å². The van der Waals surface area contributed by atoms with E-state index in [1.54, 1.807) is 17.0 Å². The van der Waals surface area contributed by atoms with Crippen molar-refractivity contribution >= 4 is 11.9 Å². The van der Waals surface area contributed by atoms with Crippen molar-refractivity contribution in [1.29, 1.82) is 0 Å². The Morgan fingerprint density at radius 2 is 2.30 bits per heavy atom. The number of hydrogen-bond acceptors (Lipinski definition) is 4. The predicted molar refractivity (Wildman–Crippen MR) is 71.7 cm³/mol. The molecule has 1 fully saturated rings. The van der Waals surface area contributed by atoms with E-state index >= 15 is 0 Å². The molecule has 1 saturated heterocycles. The number of amides is 1. The van der Waals surface area contributed by atoms with Crippen molar-refractivity contribution in [3.05, 3.63) is 24.0 Å². The molecule has 1 amide bonds. The molecule has 1 aromatic heterocycles. The third kappa shape index (κ3) is 3.26. The molecule has 20 heavy (non-hydrogen) atoms. The lowest BCUT2D eigenvalue weighted by Crippen LogP contribution is -2.45. The number of aliphatic carboxylic acids is 1. The summed E-state index contributed by atoms with van der Waals surface area (Å²) in [5.41, 5.74) is 0.293. The average Bonchev–Trinajstić information content (AvgIpc) is 2.46. The van der Waals surface area contributed by atoms with Crippen molar-refractivity contribution in [3.63, 3.8) is 0 Å². The SMILES string of the molecule is COc1ccnc(C(=O)N2CCCCC2CC(=O)O)c1. The van der Waals surface area contributed by atoms with E-state index in [1.165, 1.54) is 13.3 Å². The number of carbonyl (C=O) groups is 2. The van der Waals surface area contributed by atoms with E-state index < -0.39 is 5.97 Å². The first-order valence-corrected chi connectivity index (χ1v) is 6.64. The fraction of sp³-hybridized carbons (Fsp3) is 0.500. The number of hydrogen-bond donors (Lipinski definition) is 1. The van der Waals surface area contributed by atoms with Crippen molar-refractivity contribution < 1.29 is 19.4 Å². The van der Waals surface area contributed by atoms with E-state index in [9.17, 15) is 9.59 Å². The van der Waals surface area contributed by atoms with Gasteiger partial charge < -0.3 is 14.7 Å². The number of ether oxygens (including phenoxy) is 1. The third-order valence-electron chi connectivity index (χ3n) is 3.48. The molecule has 1 N–H and O–H groups in total. The maximum Gasteiger partial charge on any atom is 0.305 e. The molecule has 0 bridgehead atoms. The normalized spacial score (nSPS) is 18.6. The highest BCUT2D eigenvalue weighted by molar-refractivity contribution is 5.93. The third-order valence-corrected chi connectivity index (χ3v) is 3.48. The number of rotatable bonds is 4. The summed E-state index contributed by atoms with van der Waals surface area (Å²) in [6.45, 7) is 0.579. The molecule has 1 aliphatic heterocycles. The lowest BCUT2D eigenvalue weighted by molar-refractivity contribution is -0.138. The predicted octanol–water partition coefficient (Wildman–Crippen LogP) is 1.56. The lowest BCUT2D eigenvalue weighted by atomic mass is 9.99. The maximum atomic E-state index is 12.5. The molecule has 0 spiro atoms. The Hall–Kier alpha value is -2.11. The lowest BCUT2D eigenvalue weighted by Gasteiger charge is -2.34. The summed E-state index contributed by atoms with van der Waals surface area (Å²) in [6.07, 6.45) is 4.07. The van der Waals surface area contributed by atoms with Crippen LogP contribution in [0.2, 0.25) is 0 Å². The van der Waals surface area contributed by atoms with Crippen LogP contribution in [-0.4, -0.2) is 46.6 Å². The van der Waals surface area contributed by atoms with Crippen molar-refractivity contribution in [2.24, 2.45) is 0 Å². The Morgan fingerprint density at radius 3 is 3.00 bits per heavy atom. The van der Waals surface area contributed by atoms with Gasteiger partial charge in [0.1, 0.15) is 11.4 Å². The minimum Gasteiger partial charge on any atom is -0.497 e. The van der Waals surface area contributed by atoms with Gasteiger partial charge in [-0.25, -0.2) is 0 Å². The van der Waals surface area contributed by atoms with Gasteiger partial charge in [-0.15, -0.1) is 0 Å². The standard InChI is InChI=1S/C14H18N2O4/c1-20-11-5-6-15-12(9-11)14(19)16-7-3-2-4-10(16)8-13(17)18/h5-6,9-10H,2-4,7-8H2,1H3,(H,17,18). The first-order valence-electron chi connectivity index (χ1n) is 6.64. The highest BCUT2D eigenvalue weighted by atomic mass is 16.5. The molecule has 2 heterocycles. The molecule has 6 heteroatoms. The molecule has 0 aliphatic carbocycles. The molecule has 1 unspecified atom stereocenters. The van der Waals surface area contributed by atoms with Gasteiger partial charge in [0.25, 0.3) is 5.91 Å². The molecule has 1 aliphatic rings. The van der Waals surface area contributed by atoms with Gasteiger partial charge in [0.15, 0.2) is 0 Å². The summed E-state index contributed by atoms with van der Waals surface area (Å²) in [7, 11) is 1.53. The summed E-state index contributed by atoms with van der Waals surface area (Å²) in [6, 6.07) is 3.00. The van der Waals surface area contributed by atoms with E-state index in [4.69, 9.17) is 9.84 Å². The number of carboxylic acid groups (broad SMARTS) is 1. The molecular formula is C14H18N2O4. The van der Waals surface area contributed by atoms with Crippen LogP contribution in [0.5, 0.6) is 5.75 Å².